The fourth-order valence-corrected chi connectivity index (χ4v) is 1.83. The molecule has 0 unspecified atom stereocenters. The van der Waals surface area contributed by atoms with Crippen LogP contribution in [-0.4, -0.2) is 22.8 Å². The Morgan fingerprint density at radius 3 is 2.63 bits per heavy atom. The van der Waals surface area contributed by atoms with E-state index in [9.17, 15) is 4.79 Å². The van der Waals surface area contributed by atoms with Gasteiger partial charge in [-0.1, -0.05) is 12.1 Å². The molecule has 0 saturated carbocycles. The number of nitrogens with two attached hydrogens (primary N) is 1. The van der Waals surface area contributed by atoms with Crippen molar-refractivity contribution in [2.45, 2.75) is 6.54 Å². The fourth-order valence-electron chi connectivity index (χ4n) is 1.83. The van der Waals surface area contributed by atoms with Crippen molar-refractivity contribution in [3.63, 3.8) is 0 Å². The number of rotatable bonds is 4. The predicted octanol–water partition coefficient (Wildman–Crippen LogP) is 1.64. The number of nitrogen functional groups attached to an aromatic ring is 1. The van der Waals surface area contributed by atoms with Crippen LogP contribution in [-0.2, 0) is 6.54 Å². The van der Waals surface area contributed by atoms with E-state index in [4.69, 9.17) is 5.84 Å². The van der Waals surface area contributed by atoms with E-state index in [-0.39, 0.29) is 5.91 Å². The Kier molecular flexibility index (Phi) is 4.10. The number of aromatic nitrogens is 1. The van der Waals surface area contributed by atoms with Crippen molar-refractivity contribution in [2.75, 3.05) is 12.5 Å². The summed E-state index contributed by atoms with van der Waals surface area (Å²) in [5.74, 6) is 5.33. The molecule has 1 amide bonds. The third kappa shape index (κ3) is 3.08. The van der Waals surface area contributed by atoms with E-state index in [1.807, 2.05) is 24.3 Å². The zero-order chi connectivity index (χ0) is 13.7. The molecule has 0 saturated heterocycles. The molecule has 0 aliphatic carbocycles. The first kappa shape index (κ1) is 13.0. The van der Waals surface area contributed by atoms with Crippen molar-refractivity contribution in [1.29, 1.82) is 0 Å². The second kappa shape index (κ2) is 5.97. The van der Waals surface area contributed by atoms with E-state index in [1.165, 1.54) is 0 Å². The fraction of sp³-hybridized carbons (Fsp3) is 0.143. The normalized spacial score (nSPS) is 10.0. The standard InChI is InChI=1S/C14H16N4O/c1-18(10-11-6-8-16-9-7-11)14(19)12-4-2-3-5-13(12)17-15/h2-9,17H,10,15H2,1H3. The van der Waals surface area contributed by atoms with Crippen LogP contribution in [0.5, 0.6) is 0 Å². The molecule has 0 aliphatic rings. The topological polar surface area (TPSA) is 71.2 Å². The summed E-state index contributed by atoms with van der Waals surface area (Å²) >= 11 is 0. The third-order valence-corrected chi connectivity index (χ3v) is 2.83. The number of pyridine rings is 1. The molecule has 98 valence electrons. The number of hydrogen-bond donors (Lipinski definition) is 2. The van der Waals surface area contributed by atoms with E-state index < -0.39 is 0 Å². The lowest BCUT2D eigenvalue weighted by molar-refractivity contribution is 0.0786. The Morgan fingerprint density at radius 1 is 1.26 bits per heavy atom. The molecule has 19 heavy (non-hydrogen) atoms. The minimum atomic E-state index is -0.0784. The van der Waals surface area contributed by atoms with Crippen LogP contribution in [0.2, 0.25) is 0 Å². The SMILES string of the molecule is CN(Cc1ccncc1)C(=O)c1ccccc1NN. The third-order valence-electron chi connectivity index (χ3n) is 2.83. The highest BCUT2D eigenvalue weighted by molar-refractivity contribution is 5.99. The summed E-state index contributed by atoms with van der Waals surface area (Å²) < 4.78 is 0. The van der Waals surface area contributed by atoms with Gasteiger partial charge in [0.25, 0.3) is 5.91 Å². The molecular weight excluding hydrogens is 240 g/mol. The maximum absolute atomic E-state index is 12.3. The monoisotopic (exact) mass is 256 g/mol. The van der Waals surface area contributed by atoms with Crippen LogP contribution in [0.1, 0.15) is 15.9 Å². The zero-order valence-electron chi connectivity index (χ0n) is 10.7. The van der Waals surface area contributed by atoms with Gasteiger partial charge in [-0.3, -0.25) is 15.6 Å². The molecule has 1 aromatic carbocycles. The Labute approximate surface area is 112 Å². The Balaban J connectivity index is 2.15. The quantitative estimate of drug-likeness (QED) is 0.644. The van der Waals surface area contributed by atoms with E-state index in [0.29, 0.717) is 17.8 Å². The highest BCUT2D eigenvalue weighted by Gasteiger charge is 2.15. The number of para-hydroxylation sites is 1. The first-order valence-electron chi connectivity index (χ1n) is 5.92. The minimum Gasteiger partial charge on any atom is -0.337 e. The first-order valence-corrected chi connectivity index (χ1v) is 5.92. The molecule has 1 heterocycles. The summed E-state index contributed by atoms with van der Waals surface area (Å²) in [6.07, 6.45) is 3.42. The van der Waals surface area contributed by atoms with Gasteiger partial charge in [-0.25, -0.2) is 0 Å². The van der Waals surface area contributed by atoms with Gasteiger partial charge in [0.1, 0.15) is 0 Å². The van der Waals surface area contributed by atoms with E-state index in [0.717, 1.165) is 5.56 Å². The maximum atomic E-state index is 12.3. The molecule has 0 fully saturated rings. The summed E-state index contributed by atoms with van der Waals surface area (Å²) in [6.45, 7) is 0.528. The van der Waals surface area contributed by atoms with Gasteiger partial charge >= 0.3 is 0 Å². The van der Waals surface area contributed by atoms with Crippen LogP contribution in [0.25, 0.3) is 0 Å². The second-order valence-electron chi connectivity index (χ2n) is 4.21. The van der Waals surface area contributed by atoms with Crippen molar-refractivity contribution in [2.24, 2.45) is 5.84 Å². The molecule has 0 aliphatic heterocycles. The zero-order valence-corrected chi connectivity index (χ0v) is 10.7. The number of nitrogens with zero attached hydrogens (tertiary/aromatic N) is 2. The van der Waals surface area contributed by atoms with Gasteiger partial charge in [-0.2, -0.15) is 0 Å². The highest BCUT2D eigenvalue weighted by Crippen LogP contribution is 2.16. The molecule has 3 N–H and O–H groups in total. The average molecular weight is 256 g/mol. The molecule has 1 aromatic heterocycles. The number of benzene rings is 1. The molecule has 5 heteroatoms. The number of hydrazine groups is 1. The number of nitrogens with one attached hydrogen (secondary N) is 1. The van der Waals surface area contributed by atoms with Gasteiger partial charge in [0, 0.05) is 26.0 Å². The number of anilines is 1. The van der Waals surface area contributed by atoms with Crippen molar-refractivity contribution in [1.82, 2.24) is 9.88 Å². The number of amides is 1. The number of hydrogen-bond acceptors (Lipinski definition) is 4. The van der Waals surface area contributed by atoms with E-state index in [2.05, 4.69) is 10.4 Å². The highest BCUT2D eigenvalue weighted by atomic mass is 16.2. The summed E-state index contributed by atoms with van der Waals surface area (Å²) in [5.41, 5.74) is 4.75. The van der Waals surface area contributed by atoms with Crippen molar-refractivity contribution < 1.29 is 4.79 Å². The average Bonchev–Trinajstić information content (AvgIpc) is 2.47. The van der Waals surface area contributed by atoms with Gasteiger partial charge in [0.15, 0.2) is 0 Å². The Morgan fingerprint density at radius 2 is 1.95 bits per heavy atom. The summed E-state index contributed by atoms with van der Waals surface area (Å²) in [5, 5.41) is 0. The Bertz CT molecular complexity index is 556. The molecule has 0 atom stereocenters. The van der Waals surface area contributed by atoms with Crippen LogP contribution in [0.3, 0.4) is 0 Å². The van der Waals surface area contributed by atoms with Crippen LogP contribution >= 0.6 is 0 Å². The van der Waals surface area contributed by atoms with E-state index >= 15 is 0 Å². The molecule has 5 nitrogen and oxygen atoms in total. The maximum Gasteiger partial charge on any atom is 0.256 e. The van der Waals surface area contributed by atoms with Crippen LogP contribution < -0.4 is 11.3 Å². The lowest BCUT2D eigenvalue weighted by Gasteiger charge is -2.18. The van der Waals surface area contributed by atoms with Crippen LogP contribution in [0.4, 0.5) is 5.69 Å². The van der Waals surface area contributed by atoms with Crippen LogP contribution in [0, 0.1) is 0 Å². The lowest BCUT2D eigenvalue weighted by atomic mass is 10.1. The number of carbonyl (C=O) groups is 1. The van der Waals surface area contributed by atoms with Gasteiger partial charge < -0.3 is 10.3 Å². The van der Waals surface area contributed by atoms with Gasteiger partial charge in [-0.15, -0.1) is 0 Å². The van der Waals surface area contributed by atoms with Crippen LogP contribution in [0.15, 0.2) is 48.8 Å². The van der Waals surface area contributed by atoms with E-state index in [1.54, 1.807) is 36.5 Å². The summed E-state index contributed by atoms with van der Waals surface area (Å²) in [6, 6.07) is 10.9. The summed E-state index contributed by atoms with van der Waals surface area (Å²) in [7, 11) is 1.76. The second-order valence-corrected chi connectivity index (χ2v) is 4.21. The molecular formula is C14H16N4O. The van der Waals surface area contributed by atoms with Gasteiger partial charge in [0.2, 0.25) is 0 Å². The largest absolute Gasteiger partial charge is 0.337 e. The molecule has 2 rings (SSSR count). The van der Waals surface area contributed by atoms with Gasteiger partial charge in [-0.05, 0) is 29.8 Å². The molecule has 0 spiro atoms. The molecule has 0 bridgehead atoms. The number of carbonyl (C=O) groups excluding carboxylic acids is 1. The molecule has 2 aromatic rings. The predicted molar refractivity (Wildman–Crippen MR) is 74.3 cm³/mol. The first-order chi connectivity index (χ1) is 9.22. The smallest absolute Gasteiger partial charge is 0.256 e. The summed E-state index contributed by atoms with van der Waals surface area (Å²) in [4.78, 5) is 17.9. The lowest BCUT2D eigenvalue weighted by Crippen LogP contribution is -2.27. The Hall–Kier alpha value is -2.40. The van der Waals surface area contributed by atoms with Crippen molar-refractivity contribution in [3.05, 3.63) is 59.9 Å². The minimum absolute atomic E-state index is 0.0784. The molecule has 0 radical (unpaired) electrons. The van der Waals surface area contributed by atoms with Crippen molar-refractivity contribution >= 4 is 11.6 Å². The van der Waals surface area contributed by atoms with Crippen molar-refractivity contribution in [3.8, 4) is 0 Å². The van der Waals surface area contributed by atoms with Gasteiger partial charge in [0.05, 0.1) is 11.3 Å².